The lowest BCUT2D eigenvalue weighted by Gasteiger charge is -2.35. The zero-order valence-corrected chi connectivity index (χ0v) is 16.2. The number of carbonyl (C=O) groups excluding carboxylic acids is 1. The fourth-order valence-corrected chi connectivity index (χ4v) is 5.23. The molecule has 2 aliphatic heterocycles. The second kappa shape index (κ2) is 6.79. The Morgan fingerprint density at radius 1 is 1.31 bits per heavy atom. The molecule has 2 bridgehead atoms. The Bertz CT molecular complexity index is 1070. The number of nitrogens with zero attached hydrogens (tertiary/aromatic N) is 4. The second-order valence-electron chi connectivity index (χ2n) is 7.94. The van der Waals surface area contributed by atoms with Gasteiger partial charge in [0.15, 0.2) is 11.5 Å². The minimum atomic E-state index is -0.508. The van der Waals surface area contributed by atoms with Crippen molar-refractivity contribution in [3.05, 3.63) is 48.3 Å². The molecule has 2 aromatic heterocycles. The van der Waals surface area contributed by atoms with E-state index in [0.717, 1.165) is 37.0 Å². The third kappa shape index (κ3) is 2.69. The van der Waals surface area contributed by atoms with E-state index in [9.17, 15) is 9.18 Å². The molecule has 0 spiro atoms. The average Bonchev–Trinajstić information content (AvgIpc) is 3.46. The molecular formula is C21H23FN6O. The van der Waals surface area contributed by atoms with Gasteiger partial charge in [-0.15, -0.1) is 0 Å². The van der Waals surface area contributed by atoms with Crippen LogP contribution in [0.4, 0.5) is 10.2 Å². The molecule has 5 rings (SSSR count). The van der Waals surface area contributed by atoms with Crippen molar-refractivity contribution in [2.45, 2.75) is 51.2 Å². The first-order valence-electron chi connectivity index (χ1n) is 10.1. The first-order chi connectivity index (χ1) is 14.1. The number of fused-ring (bicyclic) bond motifs is 3. The number of carbonyl (C=O) groups is 1. The van der Waals surface area contributed by atoms with Crippen LogP contribution >= 0.6 is 0 Å². The molecule has 29 heavy (non-hydrogen) atoms. The van der Waals surface area contributed by atoms with Gasteiger partial charge in [-0.2, -0.15) is 0 Å². The van der Waals surface area contributed by atoms with Crippen LogP contribution in [0.15, 0.2) is 36.9 Å². The molecule has 3 aromatic rings. The first kappa shape index (κ1) is 18.0. The van der Waals surface area contributed by atoms with Crippen molar-refractivity contribution in [2.24, 2.45) is 5.41 Å². The number of aromatic nitrogens is 4. The highest BCUT2D eigenvalue weighted by Crippen LogP contribution is 2.53. The number of aromatic amines is 1. The lowest BCUT2D eigenvalue weighted by molar-refractivity contribution is -0.132. The Morgan fingerprint density at radius 2 is 2.17 bits per heavy atom. The zero-order chi connectivity index (χ0) is 20.0. The number of halogens is 1. The second-order valence-corrected chi connectivity index (χ2v) is 7.94. The normalized spacial score (nSPS) is 25.7. The van der Waals surface area contributed by atoms with Crippen LogP contribution < -0.4 is 10.2 Å². The van der Waals surface area contributed by atoms with Crippen molar-refractivity contribution in [1.82, 2.24) is 25.3 Å². The smallest absolute Gasteiger partial charge is 0.228 e. The van der Waals surface area contributed by atoms with Gasteiger partial charge in [0.2, 0.25) is 5.91 Å². The molecule has 0 unspecified atom stereocenters. The highest BCUT2D eigenvalue weighted by atomic mass is 19.1. The average molecular weight is 394 g/mol. The van der Waals surface area contributed by atoms with E-state index >= 15 is 0 Å². The van der Waals surface area contributed by atoms with Crippen LogP contribution in [0.25, 0.3) is 11.2 Å². The summed E-state index contributed by atoms with van der Waals surface area (Å²) in [5.74, 6) is 0.517. The minimum absolute atomic E-state index is 0.00429. The van der Waals surface area contributed by atoms with Gasteiger partial charge in [0.05, 0.1) is 11.7 Å². The van der Waals surface area contributed by atoms with Crippen LogP contribution in [-0.4, -0.2) is 37.9 Å². The number of amides is 1. The summed E-state index contributed by atoms with van der Waals surface area (Å²) >= 11 is 0. The van der Waals surface area contributed by atoms with E-state index in [1.54, 1.807) is 24.5 Å². The van der Waals surface area contributed by atoms with Crippen LogP contribution in [0.3, 0.4) is 0 Å². The number of hydrogen-bond donors (Lipinski definition) is 2. The Hall–Kier alpha value is -3.03. The van der Waals surface area contributed by atoms with Gasteiger partial charge < -0.3 is 15.2 Å². The highest BCUT2D eigenvalue weighted by molar-refractivity contribution is 5.88. The van der Waals surface area contributed by atoms with Crippen molar-refractivity contribution in [2.75, 3.05) is 4.90 Å². The molecule has 150 valence electrons. The van der Waals surface area contributed by atoms with Crippen molar-refractivity contribution in [3.63, 3.8) is 0 Å². The summed E-state index contributed by atoms with van der Waals surface area (Å²) in [7, 11) is 0. The van der Waals surface area contributed by atoms with Gasteiger partial charge in [-0.05, 0) is 31.7 Å². The first-order valence-corrected chi connectivity index (χ1v) is 10.1. The fraction of sp³-hybridized carbons (Fsp3) is 0.429. The summed E-state index contributed by atoms with van der Waals surface area (Å²) in [6, 6.07) is 6.86. The van der Waals surface area contributed by atoms with E-state index < -0.39 is 5.41 Å². The SMILES string of the molecule is CC[C@]1(C(=O)NCc2ccccc2F)C[C@H]2CC[C@@H]1N2c1ncnc2nc[nH]c12. The minimum Gasteiger partial charge on any atom is -0.351 e. The van der Waals surface area contributed by atoms with Gasteiger partial charge in [0, 0.05) is 24.2 Å². The van der Waals surface area contributed by atoms with Crippen LogP contribution in [0, 0.1) is 11.2 Å². The molecule has 7 nitrogen and oxygen atoms in total. The molecule has 1 amide bonds. The molecule has 0 radical (unpaired) electrons. The van der Waals surface area contributed by atoms with E-state index in [0.29, 0.717) is 11.2 Å². The maximum Gasteiger partial charge on any atom is 0.228 e. The van der Waals surface area contributed by atoms with Gasteiger partial charge in [-0.1, -0.05) is 25.1 Å². The van der Waals surface area contributed by atoms with Crippen LogP contribution in [0.5, 0.6) is 0 Å². The summed E-state index contributed by atoms with van der Waals surface area (Å²) in [4.78, 5) is 31.8. The molecule has 2 N–H and O–H groups in total. The predicted octanol–water partition coefficient (Wildman–Crippen LogP) is 2.95. The highest BCUT2D eigenvalue weighted by Gasteiger charge is 2.59. The van der Waals surface area contributed by atoms with Gasteiger partial charge in [-0.3, -0.25) is 4.79 Å². The standard InChI is InChI=1S/C21H23FN6O/c1-2-21(20(29)23-10-13-5-3-4-6-15(13)22)9-14-7-8-16(21)28(14)19-17-18(25-11-24-17)26-12-27-19/h3-6,11-12,14,16H,2,7-10H2,1H3,(H,23,29)(H,24,25,26,27)/t14-,16+,21+/m1/s1. The maximum absolute atomic E-state index is 14.0. The Labute approximate surface area is 167 Å². The van der Waals surface area contributed by atoms with E-state index in [1.807, 2.05) is 0 Å². The van der Waals surface area contributed by atoms with E-state index in [2.05, 4.69) is 37.1 Å². The fourth-order valence-electron chi connectivity index (χ4n) is 5.23. The van der Waals surface area contributed by atoms with Crippen LogP contribution in [0.1, 0.15) is 38.2 Å². The molecule has 0 aliphatic carbocycles. The molecule has 3 atom stereocenters. The number of benzene rings is 1. The van der Waals surface area contributed by atoms with Crippen molar-refractivity contribution in [1.29, 1.82) is 0 Å². The summed E-state index contributed by atoms with van der Waals surface area (Å²) in [6.07, 6.45) is 6.62. The topological polar surface area (TPSA) is 86.8 Å². The molecular weight excluding hydrogens is 371 g/mol. The number of hydrogen-bond acceptors (Lipinski definition) is 5. The van der Waals surface area contributed by atoms with Crippen molar-refractivity contribution >= 4 is 22.9 Å². The Kier molecular flexibility index (Phi) is 4.22. The van der Waals surface area contributed by atoms with Gasteiger partial charge >= 0.3 is 0 Å². The number of anilines is 1. The lowest BCUT2D eigenvalue weighted by Crippen LogP contribution is -2.48. The number of imidazole rings is 1. The van der Waals surface area contributed by atoms with E-state index in [1.165, 1.54) is 12.4 Å². The van der Waals surface area contributed by atoms with Gasteiger partial charge in [-0.25, -0.2) is 19.3 Å². The van der Waals surface area contributed by atoms with Crippen molar-refractivity contribution in [3.8, 4) is 0 Å². The number of H-pyrrole nitrogens is 1. The monoisotopic (exact) mass is 394 g/mol. The molecule has 8 heteroatoms. The summed E-state index contributed by atoms with van der Waals surface area (Å²) in [6.45, 7) is 2.26. The third-order valence-corrected chi connectivity index (χ3v) is 6.67. The Morgan fingerprint density at radius 3 is 3.00 bits per heavy atom. The molecule has 0 saturated carbocycles. The third-order valence-electron chi connectivity index (χ3n) is 6.67. The number of nitrogens with one attached hydrogen (secondary N) is 2. The zero-order valence-electron chi connectivity index (χ0n) is 16.2. The Balaban J connectivity index is 1.43. The largest absolute Gasteiger partial charge is 0.351 e. The predicted molar refractivity (Wildman–Crippen MR) is 107 cm³/mol. The van der Waals surface area contributed by atoms with E-state index in [-0.39, 0.29) is 30.4 Å². The van der Waals surface area contributed by atoms with Gasteiger partial charge in [0.1, 0.15) is 17.7 Å². The van der Waals surface area contributed by atoms with Crippen molar-refractivity contribution < 1.29 is 9.18 Å². The molecule has 1 aromatic carbocycles. The maximum atomic E-state index is 14.0. The molecule has 2 saturated heterocycles. The number of rotatable bonds is 5. The lowest BCUT2D eigenvalue weighted by atomic mass is 9.71. The van der Waals surface area contributed by atoms with Gasteiger partial charge in [0.25, 0.3) is 0 Å². The molecule has 2 aliphatic rings. The summed E-state index contributed by atoms with van der Waals surface area (Å²) in [5, 5.41) is 3.00. The molecule has 4 heterocycles. The summed E-state index contributed by atoms with van der Waals surface area (Å²) < 4.78 is 14.0. The van der Waals surface area contributed by atoms with Crippen LogP contribution in [-0.2, 0) is 11.3 Å². The van der Waals surface area contributed by atoms with E-state index in [4.69, 9.17) is 0 Å². The van der Waals surface area contributed by atoms with Crippen LogP contribution in [0.2, 0.25) is 0 Å². The quantitative estimate of drug-likeness (QED) is 0.695. The molecule has 2 fully saturated rings. The summed E-state index contributed by atoms with van der Waals surface area (Å²) in [5.41, 5.74) is 1.43.